The van der Waals surface area contributed by atoms with Gasteiger partial charge in [-0.15, -0.1) is 0 Å². The Morgan fingerprint density at radius 2 is 1.78 bits per heavy atom. The zero-order chi connectivity index (χ0) is 19.4. The smallest absolute Gasteiger partial charge is 0.254 e. The van der Waals surface area contributed by atoms with Crippen LogP contribution in [0.2, 0.25) is 0 Å². The number of aromatic amines is 1. The third kappa shape index (κ3) is 4.32. The Labute approximate surface area is 160 Å². The lowest BCUT2D eigenvalue weighted by Gasteiger charge is -2.35. The SMILES string of the molecule is CCOc1cc(C)c(C(=O)N2CCN(C(=O)Cc3cc[nH]c3)CC2)cc1C. The van der Waals surface area contributed by atoms with E-state index in [0.717, 1.165) is 22.4 Å². The van der Waals surface area contributed by atoms with Gasteiger partial charge in [-0.3, -0.25) is 9.59 Å². The van der Waals surface area contributed by atoms with Gasteiger partial charge in [0, 0.05) is 44.1 Å². The number of hydrogen-bond acceptors (Lipinski definition) is 3. The largest absolute Gasteiger partial charge is 0.494 e. The Kier molecular flexibility index (Phi) is 5.84. The van der Waals surface area contributed by atoms with E-state index in [2.05, 4.69) is 4.98 Å². The van der Waals surface area contributed by atoms with Crippen molar-refractivity contribution in [3.63, 3.8) is 0 Å². The number of carbonyl (C=O) groups excluding carboxylic acids is 2. The molecule has 2 heterocycles. The highest BCUT2D eigenvalue weighted by molar-refractivity contribution is 5.96. The maximum atomic E-state index is 13.0. The lowest BCUT2D eigenvalue weighted by molar-refractivity contribution is -0.131. The molecule has 1 aromatic carbocycles. The van der Waals surface area contributed by atoms with Crippen LogP contribution in [0.15, 0.2) is 30.6 Å². The summed E-state index contributed by atoms with van der Waals surface area (Å²) in [6.07, 6.45) is 4.06. The minimum absolute atomic E-state index is 0.0244. The molecule has 0 bridgehead atoms. The van der Waals surface area contributed by atoms with Gasteiger partial charge in [-0.05, 0) is 55.7 Å². The molecule has 1 fully saturated rings. The number of aromatic nitrogens is 1. The van der Waals surface area contributed by atoms with Crippen LogP contribution in [0.4, 0.5) is 0 Å². The number of nitrogens with zero attached hydrogens (tertiary/aromatic N) is 2. The van der Waals surface area contributed by atoms with Crippen molar-refractivity contribution < 1.29 is 14.3 Å². The van der Waals surface area contributed by atoms with Crippen molar-refractivity contribution in [3.8, 4) is 5.75 Å². The first-order chi connectivity index (χ1) is 13.0. The first-order valence-electron chi connectivity index (χ1n) is 9.42. The molecule has 1 saturated heterocycles. The van der Waals surface area contributed by atoms with Crippen LogP contribution in [0, 0.1) is 13.8 Å². The zero-order valence-corrected chi connectivity index (χ0v) is 16.2. The molecule has 0 radical (unpaired) electrons. The molecular weight excluding hydrogens is 342 g/mol. The van der Waals surface area contributed by atoms with Crippen LogP contribution in [0.1, 0.15) is 34.0 Å². The molecule has 6 heteroatoms. The predicted octanol–water partition coefficient (Wildman–Crippen LogP) is 2.56. The molecule has 2 aromatic rings. The quantitative estimate of drug-likeness (QED) is 0.881. The summed E-state index contributed by atoms with van der Waals surface area (Å²) < 4.78 is 5.61. The van der Waals surface area contributed by atoms with Crippen LogP contribution < -0.4 is 4.74 Å². The summed E-state index contributed by atoms with van der Waals surface area (Å²) in [5.41, 5.74) is 3.58. The van der Waals surface area contributed by atoms with Crippen molar-refractivity contribution in [1.82, 2.24) is 14.8 Å². The van der Waals surface area contributed by atoms with Gasteiger partial charge >= 0.3 is 0 Å². The summed E-state index contributed by atoms with van der Waals surface area (Å²) in [6.45, 7) is 8.71. The number of carbonyl (C=O) groups is 2. The lowest BCUT2D eigenvalue weighted by atomic mass is 10.0. The van der Waals surface area contributed by atoms with E-state index in [1.807, 2.05) is 61.2 Å². The summed E-state index contributed by atoms with van der Waals surface area (Å²) in [5.74, 6) is 0.956. The molecule has 1 aliphatic heterocycles. The molecule has 0 saturated carbocycles. The van der Waals surface area contributed by atoms with Gasteiger partial charge in [0.25, 0.3) is 5.91 Å². The van der Waals surface area contributed by atoms with E-state index < -0.39 is 0 Å². The molecule has 0 atom stereocenters. The van der Waals surface area contributed by atoms with Crippen molar-refractivity contribution in [2.75, 3.05) is 32.8 Å². The maximum absolute atomic E-state index is 13.0. The van der Waals surface area contributed by atoms with E-state index in [-0.39, 0.29) is 11.8 Å². The summed E-state index contributed by atoms with van der Waals surface area (Å²) in [7, 11) is 0. The first-order valence-corrected chi connectivity index (χ1v) is 9.42. The fraction of sp³-hybridized carbons (Fsp3) is 0.429. The van der Waals surface area contributed by atoms with E-state index in [0.29, 0.717) is 44.8 Å². The second kappa shape index (κ2) is 8.29. The highest BCUT2D eigenvalue weighted by atomic mass is 16.5. The number of nitrogens with one attached hydrogen (secondary N) is 1. The van der Waals surface area contributed by atoms with E-state index in [4.69, 9.17) is 4.74 Å². The first kappa shape index (κ1) is 19.0. The van der Waals surface area contributed by atoms with Gasteiger partial charge in [-0.1, -0.05) is 0 Å². The van der Waals surface area contributed by atoms with Crippen molar-refractivity contribution in [1.29, 1.82) is 0 Å². The Hall–Kier alpha value is -2.76. The molecule has 1 aromatic heterocycles. The zero-order valence-electron chi connectivity index (χ0n) is 16.2. The highest BCUT2D eigenvalue weighted by Crippen LogP contribution is 2.24. The third-order valence-corrected chi connectivity index (χ3v) is 4.99. The highest BCUT2D eigenvalue weighted by Gasteiger charge is 2.26. The van der Waals surface area contributed by atoms with E-state index in [9.17, 15) is 9.59 Å². The Bertz CT molecular complexity index is 806. The normalized spacial score (nSPS) is 14.3. The topological polar surface area (TPSA) is 65.6 Å². The second-order valence-electron chi connectivity index (χ2n) is 6.93. The third-order valence-electron chi connectivity index (χ3n) is 4.99. The van der Waals surface area contributed by atoms with Crippen LogP contribution >= 0.6 is 0 Å². The van der Waals surface area contributed by atoms with Gasteiger partial charge in [0.15, 0.2) is 0 Å². The van der Waals surface area contributed by atoms with Crippen LogP contribution in [-0.2, 0) is 11.2 Å². The Balaban J connectivity index is 1.61. The number of benzene rings is 1. The average Bonchev–Trinajstić information content (AvgIpc) is 3.17. The van der Waals surface area contributed by atoms with E-state index in [1.165, 1.54) is 0 Å². The summed E-state index contributed by atoms with van der Waals surface area (Å²) >= 11 is 0. The molecule has 27 heavy (non-hydrogen) atoms. The fourth-order valence-electron chi connectivity index (χ4n) is 3.42. The summed E-state index contributed by atoms with van der Waals surface area (Å²) in [6, 6.07) is 5.75. The number of rotatable bonds is 5. The van der Waals surface area contributed by atoms with E-state index in [1.54, 1.807) is 0 Å². The van der Waals surface area contributed by atoms with Gasteiger partial charge in [0.1, 0.15) is 5.75 Å². The number of piperazine rings is 1. The number of H-pyrrole nitrogens is 1. The molecule has 0 spiro atoms. The molecule has 0 aliphatic carbocycles. The van der Waals surface area contributed by atoms with E-state index >= 15 is 0 Å². The molecular formula is C21H27N3O3. The minimum atomic E-state index is 0.0244. The molecule has 2 amide bonds. The number of ether oxygens (including phenoxy) is 1. The monoisotopic (exact) mass is 369 g/mol. The van der Waals surface area contributed by atoms with Crippen molar-refractivity contribution >= 4 is 11.8 Å². The van der Waals surface area contributed by atoms with Crippen LogP contribution in [-0.4, -0.2) is 59.4 Å². The molecule has 144 valence electrons. The van der Waals surface area contributed by atoms with Gasteiger partial charge in [-0.2, -0.15) is 0 Å². The Morgan fingerprint density at radius 3 is 2.41 bits per heavy atom. The van der Waals surface area contributed by atoms with Crippen molar-refractivity contribution in [2.24, 2.45) is 0 Å². The minimum Gasteiger partial charge on any atom is -0.494 e. The molecule has 6 nitrogen and oxygen atoms in total. The molecule has 3 rings (SSSR count). The van der Waals surface area contributed by atoms with Gasteiger partial charge < -0.3 is 19.5 Å². The van der Waals surface area contributed by atoms with Crippen LogP contribution in [0.25, 0.3) is 0 Å². The molecule has 1 aliphatic rings. The molecule has 1 N–H and O–H groups in total. The number of hydrogen-bond donors (Lipinski definition) is 1. The van der Waals surface area contributed by atoms with Gasteiger partial charge in [-0.25, -0.2) is 0 Å². The summed E-state index contributed by atoms with van der Waals surface area (Å²) in [4.78, 5) is 32.0. The van der Waals surface area contributed by atoms with Crippen molar-refractivity contribution in [3.05, 3.63) is 52.8 Å². The Morgan fingerprint density at radius 1 is 1.07 bits per heavy atom. The fourth-order valence-corrected chi connectivity index (χ4v) is 3.42. The van der Waals surface area contributed by atoms with Crippen LogP contribution in [0.3, 0.4) is 0 Å². The predicted molar refractivity (Wildman–Crippen MR) is 104 cm³/mol. The number of aryl methyl sites for hydroxylation is 2. The van der Waals surface area contributed by atoms with Crippen molar-refractivity contribution in [2.45, 2.75) is 27.2 Å². The van der Waals surface area contributed by atoms with Gasteiger partial charge in [0.2, 0.25) is 5.91 Å². The molecule has 0 unspecified atom stereocenters. The summed E-state index contributed by atoms with van der Waals surface area (Å²) in [5, 5.41) is 0. The second-order valence-corrected chi connectivity index (χ2v) is 6.93. The lowest BCUT2D eigenvalue weighted by Crippen LogP contribution is -2.51. The van der Waals surface area contributed by atoms with Gasteiger partial charge in [0.05, 0.1) is 13.0 Å². The maximum Gasteiger partial charge on any atom is 0.254 e. The average molecular weight is 369 g/mol. The standard InChI is InChI=1S/C21H27N3O3/c1-4-27-19-12-15(2)18(11-16(19)3)21(26)24-9-7-23(8-10-24)20(25)13-17-5-6-22-14-17/h5-6,11-12,14,22H,4,7-10,13H2,1-3H3. The van der Waals surface area contributed by atoms with Crippen LogP contribution in [0.5, 0.6) is 5.75 Å². The number of amides is 2.